The summed E-state index contributed by atoms with van der Waals surface area (Å²) in [5.41, 5.74) is 0. The fourth-order valence-electron chi connectivity index (χ4n) is 5.48. The Balaban J connectivity index is 1.19. The van der Waals surface area contributed by atoms with E-state index < -0.39 is 0 Å². The molecule has 4 aliphatic carbocycles. The third-order valence-corrected chi connectivity index (χ3v) is 7.33. The second-order valence-corrected chi connectivity index (χ2v) is 9.07. The fourth-order valence-corrected chi connectivity index (χ4v) is 6.33. The highest BCUT2D eigenvalue weighted by Gasteiger charge is 2.50. The number of halogens is 1. The van der Waals surface area contributed by atoms with Gasteiger partial charge < -0.3 is 5.32 Å². The zero-order chi connectivity index (χ0) is 16.5. The Labute approximate surface area is 148 Å². The minimum Gasteiger partial charge on any atom is -0.356 e. The van der Waals surface area contributed by atoms with Crippen molar-refractivity contribution in [2.24, 2.45) is 29.6 Å². The molecule has 0 spiro atoms. The minimum atomic E-state index is -0.192. The molecule has 0 radical (unpaired) electrons. The minimum absolute atomic E-state index is 0.192. The molecular weight excluding hydrogens is 321 g/mol. The van der Waals surface area contributed by atoms with Crippen LogP contribution in [-0.2, 0) is 4.79 Å². The van der Waals surface area contributed by atoms with Crippen LogP contribution in [0.4, 0.5) is 4.39 Å². The van der Waals surface area contributed by atoms with Gasteiger partial charge in [0.2, 0.25) is 5.91 Å². The molecule has 0 unspecified atom stereocenters. The first-order valence-corrected chi connectivity index (χ1v) is 10.3. The zero-order valence-corrected chi connectivity index (χ0v) is 14.9. The quantitative estimate of drug-likeness (QED) is 0.606. The lowest BCUT2D eigenvalue weighted by Gasteiger charge is -2.53. The van der Waals surface area contributed by atoms with Crippen LogP contribution in [0.1, 0.15) is 38.5 Å². The summed E-state index contributed by atoms with van der Waals surface area (Å²) >= 11 is 1.72. The zero-order valence-electron chi connectivity index (χ0n) is 14.0. The van der Waals surface area contributed by atoms with Crippen molar-refractivity contribution in [3.63, 3.8) is 0 Å². The lowest BCUT2D eigenvalue weighted by atomic mass is 9.51. The standard InChI is InChI=1S/C20H26FNOS/c21-17-2-4-18(5-3-17)24-7-1-6-22-20(23)19-15-9-13-8-14(11-15)12-16(19)10-13/h2-5,13-16,19H,1,6-12H2,(H,22,23). The number of hydrogen-bond acceptors (Lipinski definition) is 2. The molecule has 130 valence electrons. The van der Waals surface area contributed by atoms with Gasteiger partial charge in [0.15, 0.2) is 0 Å². The molecule has 1 N–H and O–H groups in total. The Morgan fingerprint density at radius 2 is 1.67 bits per heavy atom. The number of carbonyl (C=O) groups is 1. The largest absolute Gasteiger partial charge is 0.356 e. The van der Waals surface area contributed by atoms with Gasteiger partial charge in [0.1, 0.15) is 5.82 Å². The summed E-state index contributed by atoms with van der Waals surface area (Å²) in [7, 11) is 0. The molecule has 5 rings (SSSR count). The van der Waals surface area contributed by atoms with Crippen LogP contribution in [0.25, 0.3) is 0 Å². The predicted molar refractivity (Wildman–Crippen MR) is 95.3 cm³/mol. The summed E-state index contributed by atoms with van der Waals surface area (Å²) in [5, 5.41) is 3.19. The molecule has 0 saturated heterocycles. The second-order valence-electron chi connectivity index (χ2n) is 7.90. The van der Waals surface area contributed by atoms with Gasteiger partial charge >= 0.3 is 0 Å². The first-order chi connectivity index (χ1) is 11.7. The number of thioether (sulfide) groups is 1. The summed E-state index contributed by atoms with van der Waals surface area (Å²) in [4.78, 5) is 13.7. The first kappa shape index (κ1) is 16.4. The average molecular weight is 347 g/mol. The van der Waals surface area contributed by atoms with Gasteiger partial charge in [0, 0.05) is 17.4 Å². The second kappa shape index (κ2) is 7.07. The van der Waals surface area contributed by atoms with Crippen LogP contribution in [0.15, 0.2) is 29.2 Å². The van der Waals surface area contributed by atoms with Gasteiger partial charge in [-0.25, -0.2) is 4.39 Å². The summed E-state index contributed by atoms with van der Waals surface area (Å²) in [6.45, 7) is 0.760. The van der Waals surface area contributed by atoms with Gasteiger partial charge in [-0.3, -0.25) is 4.79 Å². The van der Waals surface area contributed by atoms with E-state index in [2.05, 4.69) is 5.32 Å². The third kappa shape index (κ3) is 3.49. The van der Waals surface area contributed by atoms with Crippen molar-refractivity contribution >= 4 is 17.7 Å². The van der Waals surface area contributed by atoms with Crippen LogP contribution in [0.3, 0.4) is 0 Å². The molecule has 0 atom stereocenters. The van der Waals surface area contributed by atoms with Crippen LogP contribution in [-0.4, -0.2) is 18.2 Å². The highest BCUT2D eigenvalue weighted by molar-refractivity contribution is 7.99. The summed E-state index contributed by atoms with van der Waals surface area (Å²) in [6.07, 6.45) is 7.58. The first-order valence-electron chi connectivity index (χ1n) is 9.35. The number of hydrogen-bond donors (Lipinski definition) is 1. The molecule has 4 bridgehead atoms. The molecule has 0 aromatic heterocycles. The molecule has 1 amide bonds. The summed E-state index contributed by atoms with van der Waals surface area (Å²) in [6, 6.07) is 6.62. The van der Waals surface area contributed by atoms with Gasteiger partial charge in [-0.15, -0.1) is 11.8 Å². The lowest BCUT2D eigenvalue weighted by molar-refractivity contribution is -0.138. The monoisotopic (exact) mass is 347 g/mol. The molecule has 24 heavy (non-hydrogen) atoms. The molecule has 1 aromatic carbocycles. The van der Waals surface area contributed by atoms with Gasteiger partial charge in [-0.1, -0.05) is 0 Å². The average Bonchev–Trinajstić information content (AvgIpc) is 2.55. The third-order valence-electron chi connectivity index (χ3n) is 6.23. The normalized spacial score (nSPS) is 33.6. The van der Waals surface area contributed by atoms with Crippen molar-refractivity contribution in [3.8, 4) is 0 Å². The maximum absolute atomic E-state index is 12.9. The highest BCUT2D eigenvalue weighted by atomic mass is 32.2. The number of amides is 1. The Morgan fingerprint density at radius 1 is 1.04 bits per heavy atom. The van der Waals surface area contributed by atoms with E-state index in [1.54, 1.807) is 11.8 Å². The van der Waals surface area contributed by atoms with Crippen LogP contribution >= 0.6 is 11.8 Å². The molecule has 4 fully saturated rings. The number of carbonyl (C=O) groups excluding carboxylic acids is 1. The van der Waals surface area contributed by atoms with Crippen molar-refractivity contribution in [2.45, 2.75) is 43.4 Å². The van der Waals surface area contributed by atoms with E-state index in [4.69, 9.17) is 0 Å². The van der Waals surface area contributed by atoms with E-state index in [0.29, 0.717) is 23.7 Å². The number of nitrogens with one attached hydrogen (secondary N) is 1. The molecule has 0 heterocycles. The van der Waals surface area contributed by atoms with E-state index >= 15 is 0 Å². The molecule has 4 saturated carbocycles. The lowest BCUT2D eigenvalue weighted by Crippen LogP contribution is -2.51. The Morgan fingerprint density at radius 3 is 2.29 bits per heavy atom. The van der Waals surface area contributed by atoms with Gasteiger partial charge in [-0.05, 0) is 92.2 Å². The van der Waals surface area contributed by atoms with Crippen LogP contribution < -0.4 is 5.32 Å². The molecule has 4 aliphatic rings. The summed E-state index contributed by atoms with van der Waals surface area (Å²) < 4.78 is 12.9. The molecular formula is C20H26FNOS. The van der Waals surface area contributed by atoms with E-state index in [9.17, 15) is 9.18 Å². The molecule has 4 heteroatoms. The van der Waals surface area contributed by atoms with Crippen molar-refractivity contribution in [2.75, 3.05) is 12.3 Å². The van der Waals surface area contributed by atoms with Crippen LogP contribution in [0, 0.1) is 35.4 Å². The van der Waals surface area contributed by atoms with Crippen molar-refractivity contribution in [1.29, 1.82) is 0 Å². The summed E-state index contributed by atoms with van der Waals surface area (Å²) in [5.74, 6) is 4.53. The predicted octanol–water partition coefficient (Wildman–Crippen LogP) is 4.50. The molecule has 2 nitrogen and oxygen atoms in total. The maximum atomic E-state index is 12.9. The van der Waals surface area contributed by atoms with Gasteiger partial charge in [-0.2, -0.15) is 0 Å². The maximum Gasteiger partial charge on any atom is 0.223 e. The van der Waals surface area contributed by atoms with Gasteiger partial charge in [0.25, 0.3) is 0 Å². The van der Waals surface area contributed by atoms with E-state index in [1.807, 2.05) is 12.1 Å². The number of rotatable bonds is 6. The van der Waals surface area contributed by atoms with E-state index in [-0.39, 0.29) is 5.82 Å². The van der Waals surface area contributed by atoms with Crippen LogP contribution in [0.2, 0.25) is 0 Å². The SMILES string of the molecule is O=C(NCCCSc1ccc(F)cc1)C1C2CC3CC(C2)CC1C3. The molecule has 1 aromatic rings. The van der Waals surface area contributed by atoms with Crippen molar-refractivity contribution < 1.29 is 9.18 Å². The van der Waals surface area contributed by atoms with Crippen molar-refractivity contribution in [1.82, 2.24) is 5.32 Å². The van der Waals surface area contributed by atoms with E-state index in [0.717, 1.165) is 35.4 Å². The topological polar surface area (TPSA) is 29.1 Å². The van der Waals surface area contributed by atoms with Crippen molar-refractivity contribution in [3.05, 3.63) is 30.1 Å². The molecule has 0 aliphatic heterocycles. The Bertz CT molecular complexity index is 560. The Kier molecular flexibility index (Phi) is 4.84. The highest BCUT2D eigenvalue weighted by Crippen LogP contribution is 2.56. The fraction of sp³-hybridized carbons (Fsp3) is 0.650. The smallest absolute Gasteiger partial charge is 0.223 e. The Hall–Kier alpha value is -1.03. The van der Waals surface area contributed by atoms with E-state index in [1.165, 1.54) is 44.2 Å². The van der Waals surface area contributed by atoms with Gasteiger partial charge in [0.05, 0.1) is 0 Å². The number of benzene rings is 1. The van der Waals surface area contributed by atoms with Crippen LogP contribution in [0.5, 0.6) is 0 Å².